The zero-order valence-corrected chi connectivity index (χ0v) is 11.8. The molecule has 0 aliphatic heterocycles. The van der Waals surface area contributed by atoms with Crippen molar-refractivity contribution in [2.75, 3.05) is 6.54 Å². The van der Waals surface area contributed by atoms with Gasteiger partial charge in [0.1, 0.15) is 11.5 Å². The van der Waals surface area contributed by atoms with Gasteiger partial charge in [-0.15, -0.1) is 0 Å². The molecule has 21 heavy (non-hydrogen) atoms. The van der Waals surface area contributed by atoms with E-state index in [1.165, 1.54) is 6.08 Å². The van der Waals surface area contributed by atoms with Crippen molar-refractivity contribution in [2.24, 2.45) is 5.92 Å². The summed E-state index contributed by atoms with van der Waals surface area (Å²) in [6.45, 7) is 2.27. The van der Waals surface area contributed by atoms with Gasteiger partial charge in [-0.3, -0.25) is 4.79 Å². The molecule has 6 nitrogen and oxygen atoms in total. The smallest absolute Gasteiger partial charge is 0.332 e. The number of hydrogen-bond acceptors (Lipinski definition) is 4. The van der Waals surface area contributed by atoms with Crippen LogP contribution >= 0.6 is 0 Å². The summed E-state index contributed by atoms with van der Waals surface area (Å²) in [5.74, 6) is 1.08. The molecule has 3 N–H and O–H groups in total. The number of nitrogens with one attached hydrogen (secondary N) is 1. The number of furan rings is 1. The van der Waals surface area contributed by atoms with E-state index in [0.29, 0.717) is 17.6 Å². The van der Waals surface area contributed by atoms with E-state index in [2.05, 4.69) is 12.2 Å². The van der Waals surface area contributed by atoms with Crippen molar-refractivity contribution in [1.82, 2.24) is 5.32 Å². The van der Waals surface area contributed by atoms with Crippen molar-refractivity contribution in [3.63, 3.8) is 0 Å². The molecule has 0 aromatic carbocycles. The number of rotatable bonds is 7. The lowest BCUT2D eigenvalue weighted by Gasteiger charge is -2.05. The van der Waals surface area contributed by atoms with Gasteiger partial charge >= 0.3 is 5.97 Å². The topological polar surface area (TPSA) is 99.8 Å². The lowest BCUT2D eigenvalue weighted by atomic mass is 10.2. The maximum absolute atomic E-state index is 11.5. The highest BCUT2D eigenvalue weighted by molar-refractivity contribution is 5.91. The second kappa shape index (κ2) is 6.58. The fraction of sp³-hybridized carbons (Fsp3) is 0.467. The normalized spacial score (nSPS) is 22.2. The standard InChI is InChI=1S/C15H19NO5/c1-9-8-11(9)13-4-2-10(21-13)3-5-14(18)16-7-6-12(17)15(19)20/h2-5,9,11-12,17H,6-8H2,1H3,(H,16,18)(H,19,20)/b5-3+/t9?,11?,12-/m0/s1. The minimum atomic E-state index is -1.46. The molecule has 3 atom stereocenters. The molecule has 6 heteroatoms. The SMILES string of the molecule is CC1CC1c1ccc(/C=C/C(=O)NCC[C@H](O)C(=O)O)o1. The van der Waals surface area contributed by atoms with Gasteiger partial charge in [-0.1, -0.05) is 6.92 Å². The van der Waals surface area contributed by atoms with Crippen LogP contribution in [0.1, 0.15) is 37.2 Å². The first kappa shape index (κ1) is 15.3. The van der Waals surface area contributed by atoms with Gasteiger partial charge in [0.15, 0.2) is 6.10 Å². The molecular formula is C15H19NO5. The Morgan fingerprint density at radius 2 is 2.24 bits per heavy atom. The Hall–Kier alpha value is -2.08. The van der Waals surface area contributed by atoms with Gasteiger partial charge in [0.2, 0.25) is 5.91 Å². The first-order chi connectivity index (χ1) is 9.97. The molecule has 1 fully saturated rings. The number of aliphatic hydroxyl groups is 1. The van der Waals surface area contributed by atoms with Crippen LogP contribution in [0.2, 0.25) is 0 Å². The fourth-order valence-corrected chi connectivity index (χ4v) is 2.05. The summed E-state index contributed by atoms with van der Waals surface area (Å²) in [6, 6.07) is 3.74. The Kier molecular flexibility index (Phi) is 4.80. The Labute approximate surface area is 122 Å². The average molecular weight is 293 g/mol. The maximum atomic E-state index is 11.5. The average Bonchev–Trinajstić information content (AvgIpc) is 2.99. The third-order valence-electron chi connectivity index (χ3n) is 3.52. The van der Waals surface area contributed by atoms with Crippen molar-refractivity contribution in [3.05, 3.63) is 29.7 Å². The lowest BCUT2D eigenvalue weighted by molar-refractivity contribution is -0.147. The zero-order chi connectivity index (χ0) is 15.4. The molecule has 1 amide bonds. The summed E-state index contributed by atoms with van der Waals surface area (Å²) in [4.78, 5) is 21.9. The summed E-state index contributed by atoms with van der Waals surface area (Å²) in [5.41, 5.74) is 0. The summed E-state index contributed by atoms with van der Waals surface area (Å²) >= 11 is 0. The molecule has 1 aliphatic carbocycles. The van der Waals surface area contributed by atoms with Crippen LogP contribution < -0.4 is 5.32 Å². The predicted molar refractivity (Wildman–Crippen MR) is 75.5 cm³/mol. The second-order valence-corrected chi connectivity index (χ2v) is 5.33. The monoisotopic (exact) mass is 293 g/mol. The highest BCUT2D eigenvalue weighted by atomic mass is 16.4. The van der Waals surface area contributed by atoms with E-state index in [0.717, 1.165) is 12.2 Å². The molecule has 1 saturated carbocycles. The predicted octanol–water partition coefficient (Wildman–Crippen LogP) is 1.37. The van der Waals surface area contributed by atoms with E-state index in [-0.39, 0.29) is 18.9 Å². The molecule has 1 aromatic rings. The van der Waals surface area contributed by atoms with Crippen molar-refractivity contribution >= 4 is 18.0 Å². The number of amides is 1. The Bertz CT molecular complexity index is 548. The van der Waals surface area contributed by atoms with Crippen LogP contribution in [-0.4, -0.2) is 34.7 Å². The van der Waals surface area contributed by atoms with Crippen molar-refractivity contribution in [3.8, 4) is 0 Å². The van der Waals surface area contributed by atoms with E-state index in [9.17, 15) is 9.59 Å². The van der Waals surface area contributed by atoms with Gasteiger partial charge in [0, 0.05) is 25.0 Å². The highest BCUT2D eigenvalue weighted by Gasteiger charge is 2.36. The van der Waals surface area contributed by atoms with E-state index >= 15 is 0 Å². The van der Waals surface area contributed by atoms with Gasteiger partial charge in [-0.05, 0) is 30.5 Å². The van der Waals surface area contributed by atoms with Gasteiger partial charge < -0.3 is 19.9 Å². The van der Waals surface area contributed by atoms with Gasteiger partial charge in [-0.2, -0.15) is 0 Å². The van der Waals surface area contributed by atoms with E-state index in [1.54, 1.807) is 6.08 Å². The third-order valence-corrected chi connectivity index (χ3v) is 3.52. The van der Waals surface area contributed by atoms with E-state index in [1.807, 2.05) is 12.1 Å². The molecule has 1 aromatic heterocycles. The number of carboxylic acids is 1. The molecular weight excluding hydrogens is 274 g/mol. The lowest BCUT2D eigenvalue weighted by Crippen LogP contribution is -2.28. The Morgan fingerprint density at radius 3 is 2.86 bits per heavy atom. The van der Waals surface area contributed by atoms with Crippen LogP contribution in [0, 0.1) is 5.92 Å². The van der Waals surface area contributed by atoms with E-state index in [4.69, 9.17) is 14.6 Å². The fourth-order valence-electron chi connectivity index (χ4n) is 2.05. The van der Waals surface area contributed by atoms with Crippen molar-refractivity contribution in [1.29, 1.82) is 0 Å². The van der Waals surface area contributed by atoms with Crippen LogP contribution in [0.3, 0.4) is 0 Å². The molecule has 114 valence electrons. The molecule has 1 aliphatic rings. The summed E-state index contributed by atoms with van der Waals surface area (Å²) in [5, 5.41) is 20.0. The van der Waals surface area contributed by atoms with Crippen LogP contribution in [0.4, 0.5) is 0 Å². The van der Waals surface area contributed by atoms with Gasteiger partial charge in [-0.25, -0.2) is 4.79 Å². The highest BCUT2D eigenvalue weighted by Crippen LogP contribution is 2.47. The first-order valence-electron chi connectivity index (χ1n) is 6.94. The summed E-state index contributed by atoms with van der Waals surface area (Å²) in [6.07, 6.45) is 2.55. The van der Waals surface area contributed by atoms with Gasteiger partial charge in [0.25, 0.3) is 0 Å². The Balaban J connectivity index is 1.74. The van der Waals surface area contributed by atoms with Gasteiger partial charge in [0.05, 0.1) is 0 Å². The number of hydrogen-bond donors (Lipinski definition) is 3. The second-order valence-electron chi connectivity index (χ2n) is 5.33. The summed E-state index contributed by atoms with van der Waals surface area (Å²) < 4.78 is 5.62. The molecule has 0 saturated heterocycles. The van der Waals surface area contributed by atoms with Crippen LogP contribution in [-0.2, 0) is 9.59 Å². The largest absolute Gasteiger partial charge is 0.479 e. The van der Waals surface area contributed by atoms with Crippen molar-refractivity contribution in [2.45, 2.75) is 31.8 Å². The minimum Gasteiger partial charge on any atom is -0.479 e. The third kappa shape index (κ3) is 4.46. The number of aliphatic hydroxyl groups excluding tert-OH is 1. The number of carbonyl (C=O) groups excluding carboxylic acids is 1. The quantitative estimate of drug-likeness (QED) is 0.659. The first-order valence-corrected chi connectivity index (χ1v) is 6.94. The maximum Gasteiger partial charge on any atom is 0.332 e. The molecule has 0 radical (unpaired) electrons. The van der Waals surface area contributed by atoms with Crippen LogP contribution in [0.25, 0.3) is 6.08 Å². The number of carboxylic acid groups (broad SMARTS) is 1. The van der Waals surface area contributed by atoms with E-state index < -0.39 is 12.1 Å². The zero-order valence-electron chi connectivity index (χ0n) is 11.8. The van der Waals surface area contributed by atoms with Crippen LogP contribution in [0.15, 0.2) is 22.6 Å². The molecule has 2 unspecified atom stereocenters. The molecule has 0 bridgehead atoms. The molecule has 2 rings (SSSR count). The minimum absolute atomic E-state index is 0.0284. The van der Waals surface area contributed by atoms with Crippen LogP contribution in [0.5, 0.6) is 0 Å². The van der Waals surface area contributed by atoms with Crippen molar-refractivity contribution < 1.29 is 24.2 Å². The molecule has 1 heterocycles. The number of carbonyl (C=O) groups is 2. The molecule has 0 spiro atoms. The Morgan fingerprint density at radius 1 is 1.52 bits per heavy atom. The number of aliphatic carboxylic acids is 1. The summed E-state index contributed by atoms with van der Waals surface area (Å²) in [7, 11) is 0.